The molecule has 0 aliphatic heterocycles. The largest absolute Gasteiger partial charge is 0.398 e. The van der Waals surface area contributed by atoms with Crippen molar-refractivity contribution < 1.29 is 4.79 Å². The van der Waals surface area contributed by atoms with Gasteiger partial charge < -0.3 is 5.73 Å². The maximum absolute atomic E-state index is 10.9. The lowest BCUT2D eigenvalue weighted by Crippen LogP contribution is -1.91. The topological polar surface area (TPSA) is 43.1 Å². The molecule has 2 rings (SSSR count). The SMILES string of the molecule is Nc1ccc2sc(CBr)cc2c1C=O. The van der Waals surface area contributed by atoms with Gasteiger partial charge in [-0.05, 0) is 18.2 Å². The fourth-order valence-electron chi connectivity index (χ4n) is 1.40. The van der Waals surface area contributed by atoms with E-state index in [2.05, 4.69) is 15.9 Å². The predicted octanol–water partition coefficient (Wildman–Crippen LogP) is 3.19. The van der Waals surface area contributed by atoms with Crippen LogP contribution in [0.3, 0.4) is 0 Å². The molecule has 0 saturated carbocycles. The Morgan fingerprint density at radius 2 is 2.29 bits per heavy atom. The minimum absolute atomic E-state index is 0.548. The molecule has 1 aromatic carbocycles. The Morgan fingerprint density at radius 1 is 1.50 bits per heavy atom. The van der Waals surface area contributed by atoms with Gasteiger partial charge in [0.05, 0.1) is 0 Å². The number of hydrogen-bond acceptors (Lipinski definition) is 3. The summed E-state index contributed by atoms with van der Waals surface area (Å²) < 4.78 is 1.11. The van der Waals surface area contributed by atoms with Crippen LogP contribution in [0.4, 0.5) is 5.69 Å². The molecule has 4 heteroatoms. The maximum atomic E-state index is 10.9. The van der Waals surface area contributed by atoms with Crippen molar-refractivity contribution in [3.8, 4) is 0 Å². The van der Waals surface area contributed by atoms with Crippen LogP contribution < -0.4 is 5.73 Å². The van der Waals surface area contributed by atoms with E-state index in [1.54, 1.807) is 17.4 Å². The zero-order valence-electron chi connectivity index (χ0n) is 7.29. The molecule has 2 nitrogen and oxygen atoms in total. The Morgan fingerprint density at radius 3 is 2.93 bits per heavy atom. The molecule has 1 aromatic heterocycles. The minimum atomic E-state index is 0.548. The highest BCUT2D eigenvalue weighted by Crippen LogP contribution is 2.31. The summed E-state index contributed by atoms with van der Waals surface area (Å²) in [5, 5.41) is 1.77. The number of halogens is 1. The second-order valence-corrected chi connectivity index (χ2v) is 4.67. The van der Waals surface area contributed by atoms with Gasteiger partial charge in [0.1, 0.15) is 0 Å². The first-order chi connectivity index (χ1) is 6.76. The van der Waals surface area contributed by atoms with E-state index in [9.17, 15) is 4.79 Å². The number of nitrogens with two attached hydrogens (primary N) is 1. The highest BCUT2D eigenvalue weighted by molar-refractivity contribution is 9.08. The molecule has 72 valence electrons. The molecule has 0 aliphatic rings. The first-order valence-electron chi connectivity index (χ1n) is 4.08. The first kappa shape index (κ1) is 9.68. The van der Waals surface area contributed by atoms with Gasteiger partial charge in [-0.15, -0.1) is 11.3 Å². The predicted molar refractivity (Wildman–Crippen MR) is 64.3 cm³/mol. The quantitative estimate of drug-likeness (QED) is 0.517. The van der Waals surface area contributed by atoms with Gasteiger partial charge in [0, 0.05) is 31.5 Å². The van der Waals surface area contributed by atoms with E-state index >= 15 is 0 Å². The zero-order valence-corrected chi connectivity index (χ0v) is 9.69. The van der Waals surface area contributed by atoms with Gasteiger partial charge in [0.2, 0.25) is 0 Å². The Balaban J connectivity index is 2.79. The second-order valence-electron chi connectivity index (χ2n) is 2.94. The number of hydrogen-bond donors (Lipinski definition) is 1. The van der Waals surface area contributed by atoms with Crippen molar-refractivity contribution in [1.29, 1.82) is 0 Å². The van der Waals surface area contributed by atoms with Crippen molar-refractivity contribution >= 4 is 49.3 Å². The highest BCUT2D eigenvalue weighted by atomic mass is 79.9. The van der Waals surface area contributed by atoms with Crippen LogP contribution in [0.25, 0.3) is 10.1 Å². The number of benzene rings is 1. The molecule has 2 N–H and O–H groups in total. The van der Waals surface area contributed by atoms with E-state index in [-0.39, 0.29) is 0 Å². The molecule has 14 heavy (non-hydrogen) atoms. The van der Waals surface area contributed by atoms with Gasteiger partial charge in [-0.1, -0.05) is 15.9 Å². The van der Waals surface area contributed by atoms with Crippen molar-refractivity contribution in [3.05, 3.63) is 28.6 Å². The number of carbonyl (C=O) groups excluding carboxylic acids is 1. The monoisotopic (exact) mass is 269 g/mol. The summed E-state index contributed by atoms with van der Waals surface area (Å²) in [6.45, 7) is 0. The average Bonchev–Trinajstić information content (AvgIpc) is 2.60. The Bertz CT molecular complexity index is 492. The number of carbonyl (C=O) groups is 1. The molecule has 1 heterocycles. The van der Waals surface area contributed by atoms with E-state index < -0.39 is 0 Å². The van der Waals surface area contributed by atoms with Gasteiger partial charge >= 0.3 is 0 Å². The van der Waals surface area contributed by atoms with Crippen LogP contribution in [0.2, 0.25) is 0 Å². The summed E-state index contributed by atoms with van der Waals surface area (Å²) in [5.41, 5.74) is 6.86. The number of rotatable bonds is 2. The summed E-state index contributed by atoms with van der Waals surface area (Å²) >= 11 is 5.07. The third kappa shape index (κ3) is 1.44. The normalized spacial score (nSPS) is 10.6. The molecular weight excluding hydrogens is 262 g/mol. The second kappa shape index (κ2) is 3.71. The Hall–Kier alpha value is -0.870. The van der Waals surface area contributed by atoms with Crippen molar-refractivity contribution in [1.82, 2.24) is 0 Å². The lowest BCUT2D eigenvalue weighted by atomic mass is 10.1. The minimum Gasteiger partial charge on any atom is -0.398 e. The highest BCUT2D eigenvalue weighted by Gasteiger charge is 2.07. The summed E-state index contributed by atoms with van der Waals surface area (Å²) in [4.78, 5) is 12.1. The number of alkyl halides is 1. The molecule has 0 aliphatic carbocycles. The zero-order chi connectivity index (χ0) is 10.1. The summed E-state index contributed by atoms with van der Waals surface area (Å²) in [6, 6.07) is 5.74. The van der Waals surface area contributed by atoms with Crippen LogP contribution in [0.5, 0.6) is 0 Å². The van der Waals surface area contributed by atoms with Crippen LogP contribution in [-0.2, 0) is 5.33 Å². The van der Waals surface area contributed by atoms with Gasteiger partial charge in [0.25, 0.3) is 0 Å². The number of anilines is 1. The van der Waals surface area contributed by atoms with Gasteiger partial charge in [-0.25, -0.2) is 0 Å². The number of thiophene rings is 1. The van der Waals surface area contributed by atoms with Gasteiger partial charge in [-0.2, -0.15) is 0 Å². The van der Waals surface area contributed by atoms with E-state index in [1.807, 2.05) is 12.1 Å². The van der Waals surface area contributed by atoms with E-state index in [0.29, 0.717) is 11.3 Å². The summed E-state index contributed by atoms with van der Waals surface area (Å²) in [6.07, 6.45) is 0.822. The molecule has 0 saturated heterocycles. The summed E-state index contributed by atoms with van der Waals surface area (Å²) in [5.74, 6) is 0. The third-order valence-electron chi connectivity index (χ3n) is 2.08. The number of nitrogen functional groups attached to an aromatic ring is 1. The lowest BCUT2D eigenvalue weighted by molar-refractivity contribution is 0.112. The smallest absolute Gasteiger partial charge is 0.152 e. The van der Waals surface area contributed by atoms with Crippen molar-refractivity contribution in [2.45, 2.75) is 5.33 Å². The van der Waals surface area contributed by atoms with Crippen LogP contribution in [-0.4, -0.2) is 6.29 Å². The van der Waals surface area contributed by atoms with Crippen molar-refractivity contribution in [2.75, 3.05) is 5.73 Å². The molecule has 0 radical (unpaired) electrons. The Labute approximate surface area is 93.9 Å². The first-order valence-corrected chi connectivity index (χ1v) is 6.02. The summed E-state index contributed by atoms with van der Waals surface area (Å²) in [7, 11) is 0. The molecule has 0 amide bonds. The number of fused-ring (bicyclic) bond motifs is 1. The lowest BCUT2D eigenvalue weighted by Gasteiger charge is -1.98. The van der Waals surface area contributed by atoms with E-state index in [4.69, 9.17) is 5.73 Å². The average molecular weight is 270 g/mol. The molecule has 0 fully saturated rings. The molecular formula is C10H8BrNOS. The molecule has 0 bridgehead atoms. The van der Waals surface area contributed by atoms with E-state index in [1.165, 1.54) is 4.88 Å². The standard InChI is InChI=1S/C10H8BrNOS/c11-4-6-3-7-8(5-13)9(12)1-2-10(7)14-6/h1-3,5H,4,12H2. The van der Waals surface area contributed by atoms with Crippen LogP contribution >= 0.6 is 27.3 Å². The molecule has 0 spiro atoms. The van der Waals surface area contributed by atoms with Crippen molar-refractivity contribution in [2.24, 2.45) is 0 Å². The fraction of sp³-hybridized carbons (Fsp3) is 0.100. The van der Waals surface area contributed by atoms with Crippen LogP contribution in [0.1, 0.15) is 15.2 Å². The molecule has 2 aromatic rings. The number of aldehydes is 1. The van der Waals surface area contributed by atoms with Gasteiger partial charge in [0.15, 0.2) is 6.29 Å². The Kier molecular flexibility index (Phi) is 2.56. The molecule has 0 unspecified atom stereocenters. The molecule has 0 atom stereocenters. The fourth-order valence-corrected chi connectivity index (χ4v) is 2.83. The van der Waals surface area contributed by atoms with E-state index in [0.717, 1.165) is 21.7 Å². The van der Waals surface area contributed by atoms with Crippen LogP contribution in [0, 0.1) is 0 Å². The maximum Gasteiger partial charge on any atom is 0.152 e. The van der Waals surface area contributed by atoms with Crippen molar-refractivity contribution in [3.63, 3.8) is 0 Å². The van der Waals surface area contributed by atoms with Gasteiger partial charge in [-0.3, -0.25) is 4.79 Å². The third-order valence-corrected chi connectivity index (χ3v) is 4.15. The van der Waals surface area contributed by atoms with Crippen LogP contribution in [0.15, 0.2) is 18.2 Å².